The molecule has 0 aliphatic carbocycles. The number of likely N-dealkylation sites (tertiary alicyclic amines) is 1. The topological polar surface area (TPSA) is 49.4 Å². The van der Waals surface area contributed by atoms with Crippen LogP contribution in [0.2, 0.25) is 0 Å². The first-order chi connectivity index (χ1) is 10.3. The van der Waals surface area contributed by atoms with E-state index in [2.05, 4.69) is 5.32 Å². The Morgan fingerprint density at radius 3 is 2.45 bits per heavy atom. The van der Waals surface area contributed by atoms with Crippen LogP contribution in [0.4, 0.5) is 10.1 Å². The first kappa shape index (κ1) is 16.5. The minimum absolute atomic E-state index is 0.0757. The number of hydrogen-bond donors (Lipinski definition) is 1. The van der Waals surface area contributed by atoms with E-state index < -0.39 is 5.41 Å². The SMILES string of the molecule is CC(C)(C)C(=O)N1CCC[C@H](C(=O)Nc2ccc(F)cc2)C1. The molecule has 120 valence electrons. The molecule has 1 saturated heterocycles. The second-order valence-electron chi connectivity index (χ2n) is 6.84. The number of rotatable bonds is 2. The lowest BCUT2D eigenvalue weighted by molar-refractivity contribution is -0.142. The summed E-state index contributed by atoms with van der Waals surface area (Å²) >= 11 is 0. The number of piperidine rings is 1. The standard InChI is InChI=1S/C17H23FN2O2/c1-17(2,3)16(22)20-10-4-5-12(11-20)15(21)19-14-8-6-13(18)7-9-14/h6-9,12H,4-5,10-11H2,1-3H3,(H,19,21)/t12-/m0/s1. The van der Waals surface area contributed by atoms with Crippen LogP contribution in [0.5, 0.6) is 0 Å². The highest BCUT2D eigenvalue weighted by Crippen LogP contribution is 2.24. The van der Waals surface area contributed by atoms with Gasteiger partial charge in [-0.25, -0.2) is 4.39 Å². The van der Waals surface area contributed by atoms with E-state index in [9.17, 15) is 14.0 Å². The lowest BCUT2D eigenvalue weighted by Gasteiger charge is -2.35. The zero-order valence-corrected chi connectivity index (χ0v) is 13.4. The maximum absolute atomic E-state index is 12.9. The van der Waals surface area contributed by atoms with Gasteiger partial charge in [0.05, 0.1) is 5.92 Å². The van der Waals surface area contributed by atoms with Crippen molar-refractivity contribution >= 4 is 17.5 Å². The van der Waals surface area contributed by atoms with Crippen molar-refractivity contribution in [2.45, 2.75) is 33.6 Å². The Kier molecular flexibility index (Phi) is 4.84. The average Bonchev–Trinajstić information content (AvgIpc) is 2.48. The number of amides is 2. The molecule has 1 heterocycles. The van der Waals surface area contributed by atoms with Gasteiger partial charge >= 0.3 is 0 Å². The van der Waals surface area contributed by atoms with E-state index in [-0.39, 0.29) is 23.5 Å². The number of halogens is 1. The normalized spacial score (nSPS) is 18.9. The maximum atomic E-state index is 12.9. The van der Waals surface area contributed by atoms with Gasteiger partial charge in [-0.15, -0.1) is 0 Å². The number of hydrogen-bond acceptors (Lipinski definition) is 2. The zero-order chi connectivity index (χ0) is 16.3. The summed E-state index contributed by atoms with van der Waals surface area (Å²) in [6, 6.07) is 5.69. The van der Waals surface area contributed by atoms with Crippen LogP contribution in [-0.2, 0) is 9.59 Å². The molecular weight excluding hydrogens is 283 g/mol. The highest BCUT2D eigenvalue weighted by Gasteiger charge is 2.33. The van der Waals surface area contributed by atoms with Crippen molar-refractivity contribution in [3.8, 4) is 0 Å². The first-order valence-electron chi connectivity index (χ1n) is 7.63. The Hall–Kier alpha value is -1.91. The van der Waals surface area contributed by atoms with Crippen molar-refractivity contribution < 1.29 is 14.0 Å². The van der Waals surface area contributed by atoms with Crippen molar-refractivity contribution in [1.82, 2.24) is 4.90 Å². The summed E-state index contributed by atoms with van der Waals surface area (Å²) in [4.78, 5) is 26.4. The molecule has 1 aromatic carbocycles. The summed E-state index contributed by atoms with van der Waals surface area (Å²) in [7, 11) is 0. The summed E-state index contributed by atoms with van der Waals surface area (Å²) in [5.41, 5.74) is 0.140. The molecule has 1 N–H and O–H groups in total. The lowest BCUT2D eigenvalue weighted by atomic mass is 9.91. The van der Waals surface area contributed by atoms with Crippen LogP contribution < -0.4 is 5.32 Å². The molecule has 0 bridgehead atoms. The number of nitrogens with zero attached hydrogens (tertiary/aromatic N) is 1. The summed E-state index contributed by atoms with van der Waals surface area (Å²) in [6.07, 6.45) is 1.59. The van der Waals surface area contributed by atoms with E-state index in [0.717, 1.165) is 12.8 Å². The predicted molar refractivity (Wildman–Crippen MR) is 83.8 cm³/mol. The van der Waals surface area contributed by atoms with Crippen molar-refractivity contribution in [1.29, 1.82) is 0 Å². The van der Waals surface area contributed by atoms with E-state index in [1.807, 2.05) is 20.8 Å². The van der Waals surface area contributed by atoms with Gasteiger partial charge in [0.25, 0.3) is 0 Å². The molecule has 0 aromatic heterocycles. The van der Waals surface area contributed by atoms with Gasteiger partial charge in [-0.05, 0) is 37.1 Å². The predicted octanol–water partition coefficient (Wildman–Crippen LogP) is 3.05. The number of anilines is 1. The quantitative estimate of drug-likeness (QED) is 0.913. The van der Waals surface area contributed by atoms with Crippen LogP contribution in [0.3, 0.4) is 0 Å². The molecule has 4 nitrogen and oxygen atoms in total. The highest BCUT2D eigenvalue weighted by atomic mass is 19.1. The molecule has 0 radical (unpaired) electrons. The Balaban J connectivity index is 1.98. The molecule has 1 aromatic rings. The van der Waals surface area contributed by atoms with Gasteiger partial charge in [0.15, 0.2) is 0 Å². The number of benzene rings is 1. The molecule has 1 atom stereocenters. The van der Waals surface area contributed by atoms with E-state index in [1.165, 1.54) is 24.3 Å². The Bertz CT molecular complexity index is 549. The van der Waals surface area contributed by atoms with Crippen molar-refractivity contribution in [3.05, 3.63) is 30.1 Å². The fourth-order valence-electron chi connectivity index (χ4n) is 2.63. The number of carbonyl (C=O) groups excluding carboxylic acids is 2. The molecule has 0 saturated carbocycles. The Morgan fingerprint density at radius 2 is 1.86 bits per heavy atom. The van der Waals surface area contributed by atoms with Crippen molar-refractivity contribution in [2.24, 2.45) is 11.3 Å². The van der Waals surface area contributed by atoms with Gasteiger partial charge in [0.2, 0.25) is 11.8 Å². The van der Waals surface area contributed by atoms with Gasteiger partial charge in [0, 0.05) is 24.2 Å². The van der Waals surface area contributed by atoms with Crippen molar-refractivity contribution in [3.63, 3.8) is 0 Å². The molecule has 1 aliphatic rings. The van der Waals surface area contributed by atoms with E-state index in [0.29, 0.717) is 18.8 Å². The Labute approximate surface area is 130 Å². The minimum Gasteiger partial charge on any atom is -0.341 e. The Morgan fingerprint density at radius 1 is 1.23 bits per heavy atom. The second-order valence-corrected chi connectivity index (χ2v) is 6.84. The highest BCUT2D eigenvalue weighted by molar-refractivity contribution is 5.93. The molecule has 22 heavy (non-hydrogen) atoms. The zero-order valence-electron chi connectivity index (χ0n) is 13.4. The summed E-state index contributed by atoms with van der Waals surface area (Å²) < 4.78 is 12.9. The molecule has 2 amide bonds. The van der Waals surface area contributed by atoms with Gasteiger partial charge in [-0.1, -0.05) is 20.8 Å². The third-order valence-corrected chi connectivity index (χ3v) is 3.83. The molecule has 2 rings (SSSR count). The molecule has 1 aliphatic heterocycles. The monoisotopic (exact) mass is 306 g/mol. The van der Waals surface area contributed by atoms with Gasteiger partial charge in [-0.3, -0.25) is 9.59 Å². The number of carbonyl (C=O) groups is 2. The van der Waals surface area contributed by atoms with Gasteiger partial charge in [-0.2, -0.15) is 0 Å². The van der Waals surface area contributed by atoms with Gasteiger partial charge < -0.3 is 10.2 Å². The van der Waals surface area contributed by atoms with E-state index in [4.69, 9.17) is 0 Å². The third-order valence-electron chi connectivity index (χ3n) is 3.83. The third kappa shape index (κ3) is 4.06. The molecule has 1 fully saturated rings. The smallest absolute Gasteiger partial charge is 0.229 e. The summed E-state index contributed by atoms with van der Waals surface area (Å²) in [6.45, 7) is 6.81. The van der Waals surface area contributed by atoms with E-state index >= 15 is 0 Å². The van der Waals surface area contributed by atoms with Crippen LogP contribution in [-0.4, -0.2) is 29.8 Å². The van der Waals surface area contributed by atoms with Crippen LogP contribution in [0.15, 0.2) is 24.3 Å². The number of nitrogens with one attached hydrogen (secondary N) is 1. The van der Waals surface area contributed by atoms with Crippen LogP contribution in [0, 0.1) is 17.2 Å². The largest absolute Gasteiger partial charge is 0.341 e. The molecular formula is C17H23FN2O2. The molecule has 0 spiro atoms. The van der Waals surface area contributed by atoms with Crippen molar-refractivity contribution in [2.75, 3.05) is 18.4 Å². The first-order valence-corrected chi connectivity index (χ1v) is 7.63. The summed E-state index contributed by atoms with van der Waals surface area (Å²) in [5, 5.41) is 2.79. The molecule has 0 unspecified atom stereocenters. The lowest BCUT2D eigenvalue weighted by Crippen LogP contribution is -2.47. The minimum atomic E-state index is -0.435. The fraction of sp³-hybridized carbons (Fsp3) is 0.529. The van der Waals surface area contributed by atoms with Crippen LogP contribution in [0.25, 0.3) is 0 Å². The summed E-state index contributed by atoms with van der Waals surface area (Å²) in [5.74, 6) is -0.590. The van der Waals surface area contributed by atoms with Gasteiger partial charge in [0.1, 0.15) is 5.82 Å². The van der Waals surface area contributed by atoms with E-state index in [1.54, 1.807) is 4.90 Å². The second kappa shape index (κ2) is 6.46. The molecule has 5 heteroatoms. The van der Waals surface area contributed by atoms with Crippen LogP contribution >= 0.6 is 0 Å². The average molecular weight is 306 g/mol. The maximum Gasteiger partial charge on any atom is 0.229 e. The van der Waals surface area contributed by atoms with Crippen LogP contribution in [0.1, 0.15) is 33.6 Å². The fourth-order valence-corrected chi connectivity index (χ4v) is 2.63.